The van der Waals surface area contributed by atoms with Crippen molar-refractivity contribution in [2.45, 2.75) is 64.0 Å². The molecular formula is C22H34N4O2. The standard InChI is InChI=1S/C22H34N4O2/c1-22(2)15-18(17-10-6-7-11-19(17)28-22)26-21(23-3)25-13-12-24-20(27)14-16-8-4-5-9-16/h6-7,10-11,16,18H,4-5,8-9,12-15H2,1-3H3,(H,24,27)(H2,23,25,26). The largest absolute Gasteiger partial charge is 0.487 e. The van der Waals surface area contributed by atoms with E-state index in [4.69, 9.17) is 4.74 Å². The minimum Gasteiger partial charge on any atom is -0.487 e. The van der Waals surface area contributed by atoms with Crippen LogP contribution in [0.4, 0.5) is 0 Å². The number of hydrogen-bond acceptors (Lipinski definition) is 3. The molecule has 1 aliphatic heterocycles. The van der Waals surface area contributed by atoms with Gasteiger partial charge >= 0.3 is 0 Å². The number of nitrogens with one attached hydrogen (secondary N) is 3. The van der Waals surface area contributed by atoms with Crippen LogP contribution in [-0.4, -0.2) is 37.6 Å². The van der Waals surface area contributed by atoms with Crippen LogP contribution in [0.15, 0.2) is 29.3 Å². The summed E-state index contributed by atoms with van der Waals surface area (Å²) in [6.07, 6.45) is 6.46. The molecule has 6 nitrogen and oxygen atoms in total. The second-order valence-electron chi connectivity index (χ2n) is 8.50. The smallest absolute Gasteiger partial charge is 0.220 e. The Bertz CT molecular complexity index is 696. The fourth-order valence-electron chi connectivity index (χ4n) is 4.22. The van der Waals surface area contributed by atoms with Gasteiger partial charge in [0.2, 0.25) is 5.91 Å². The highest BCUT2D eigenvalue weighted by molar-refractivity contribution is 5.80. The number of nitrogens with zero attached hydrogens (tertiary/aromatic N) is 1. The first-order valence-electron chi connectivity index (χ1n) is 10.5. The predicted octanol–water partition coefficient (Wildman–Crippen LogP) is 3.15. The molecule has 1 amide bonds. The van der Waals surface area contributed by atoms with Crippen LogP contribution < -0.4 is 20.7 Å². The summed E-state index contributed by atoms with van der Waals surface area (Å²) in [5.74, 6) is 2.41. The van der Waals surface area contributed by atoms with Crippen LogP contribution in [0.5, 0.6) is 5.75 Å². The predicted molar refractivity (Wildman–Crippen MR) is 113 cm³/mol. The lowest BCUT2D eigenvalue weighted by Gasteiger charge is -2.38. The van der Waals surface area contributed by atoms with Crippen LogP contribution >= 0.6 is 0 Å². The van der Waals surface area contributed by atoms with E-state index in [0.717, 1.165) is 23.7 Å². The van der Waals surface area contributed by atoms with Gasteiger partial charge in [-0.3, -0.25) is 9.79 Å². The van der Waals surface area contributed by atoms with Crippen molar-refractivity contribution in [3.8, 4) is 5.75 Å². The van der Waals surface area contributed by atoms with E-state index in [9.17, 15) is 4.79 Å². The van der Waals surface area contributed by atoms with Crippen molar-refractivity contribution >= 4 is 11.9 Å². The highest BCUT2D eigenvalue weighted by Crippen LogP contribution is 2.39. The molecule has 3 rings (SSSR count). The van der Waals surface area contributed by atoms with Crippen LogP contribution in [0.3, 0.4) is 0 Å². The number of hydrogen-bond donors (Lipinski definition) is 3. The second-order valence-corrected chi connectivity index (χ2v) is 8.50. The fraction of sp³-hybridized carbons (Fsp3) is 0.636. The van der Waals surface area contributed by atoms with Crippen LogP contribution in [0, 0.1) is 5.92 Å². The van der Waals surface area contributed by atoms with Gasteiger partial charge in [-0.05, 0) is 38.7 Å². The molecule has 1 atom stereocenters. The molecule has 0 bridgehead atoms. The van der Waals surface area contributed by atoms with Gasteiger partial charge in [0.05, 0.1) is 6.04 Å². The van der Waals surface area contributed by atoms with Crippen molar-refractivity contribution in [2.75, 3.05) is 20.1 Å². The highest BCUT2D eigenvalue weighted by atomic mass is 16.5. The number of fused-ring (bicyclic) bond motifs is 1. The lowest BCUT2D eigenvalue weighted by Crippen LogP contribution is -2.46. The average molecular weight is 387 g/mol. The summed E-state index contributed by atoms with van der Waals surface area (Å²) in [5.41, 5.74) is 0.911. The molecule has 1 saturated carbocycles. The Morgan fingerprint density at radius 1 is 1.18 bits per heavy atom. The molecule has 1 aromatic rings. The summed E-state index contributed by atoms with van der Waals surface area (Å²) in [7, 11) is 1.77. The van der Waals surface area contributed by atoms with Crippen LogP contribution in [0.2, 0.25) is 0 Å². The molecule has 1 aliphatic carbocycles. The molecule has 1 unspecified atom stereocenters. The molecule has 3 N–H and O–H groups in total. The summed E-state index contributed by atoms with van der Waals surface area (Å²) in [6, 6.07) is 8.27. The zero-order chi connectivity index (χ0) is 20.0. The maximum Gasteiger partial charge on any atom is 0.220 e. The van der Waals surface area contributed by atoms with E-state index in [2.05, 4.69) is 40.9 Å². The van der Waals surface area contributed by atoms with Gasteiger partial charge in [0.25, 0.3) is 0 Å². The number of aliphatic imine (C=N–C) groups is 1. The second kappa shape index (κ2) is 9.30. The van der Waals surface area contributed by atoms with Gasteiger partial charge in [-0.1, -0.05) is 31.0 Å². The van der Waals surface area contributed by atoms with Gasteiger partial charge in [-0.25, -0.2) is 0 Å². The van der Waals surface area contributed by atoms with Crippen molar-refractivity contribution in [1.82, 2.24) is 16.0 Å². The van der Waals surface area contributed by atoms with Gasteiger partial charge in [-0.2, -0.15) is 0 Å². The Hall–Kier alpha value is -2.24. The summed E-state index contributed by atoms with van der Waals surface area (Å²) >= 11 is 0. The molecule has 1 aromatic carbocycles. The van der Waals surface area contributed by atoms with E-state index in [1.54, 1.807) is 7.05 Å². The summed E-state index contributed by atoms with van der Waals surface area (Å²) in [5, 5.41) is 9.83. The minimum absolute atomic E-state index is 0.128. The van der Waals surface area contributed by atoms with E-state index in [-0.39, 0.29) is 17.6 Å². The Morgan fingerprint density at radius 2 is 1.89 bits per heavy atom. The average Bonchev–Trinajstić information content (AvgIpc) is 3.16. The quantitative estimate of drug-likeness (QED) is 0.399. The molecule has 1 fully saturated rings. The number of ether oxygens (including phenoxy) is 1. The van der Waals surface area contributed by atoms with Crippen molar-refractivity contribution < 1.29 is 9.53 Å². The van der Waals surface area contributed by atoms with Gasteiger partial charge < -0.3 is 20.7 Å². The van der Waals surface area contributed by atoms with Gasteiger partial charge in [0, 0.05) is 38.5 Å². The highest BCUT2D eigenvalue weighted by Gasteiger charge is 2.33. The van der Waals surface area contributed by atoms with Crippen molar-refractivity contribution in [3.05, 3.63) is 29.8 Å². The zero-order valence-corrected chi connectivity index (χ0v) is 17.4. The molecule has 28 heavy (non-hydrogen) atoms. The van der Waals surface area contributed by atoms with Gasteiger partial charge in [0.1, 0.15) is 11.4 Å². The molecule has 154 valence electrons. The first kappa shape index (κ1) is 20.5. The SMILES string of the molecule is CN=C(NCCNC(=O)CC1CCCC1)NC1CC(C)(C)Oc2ccccc21. The number of guanidine groups is 1. The molecule has 1 heterocycles. The third-order valence-corrected chi connectivity index (χ3v) is 5.60. The van der Waals surface area contributed by atoms with Crippen LogP contribution in [-0.2, 0) is 4.79 Å². The molecule has 6 heteroatoms. The zero-order valence-electron chi connectivity index (χ0n) is 17.4. The fourth-order valence-corrected chi connectivity index (χ4v) is 4.22. The van der Waals surface area contributed by atoms with Gasteiger partial charge in [-0.15, -0.1) is 0 Å². The van der Waals surface area contributed by atoms with E-state index in [1.807, 2.05) is 18.2 Å². The molecule has 0 radical (unpaired) electrons. The third-order valence-electron chi connectivity index (χ3n) is 5.60. The first-order chi connectivity index (χ1) is 13.5. The van der Waals surface area contributed by atoms with Crippen molar-refractivity contribution in [1.29, 1.82) is 0 Å². The van der Waals surface area contributed by atoms with E-state index in [0.29, 0.717) is 25.4 Å². The maximum absolute atomic E-state index is 12.0. The lowest BCUT2D eigenvalue weighted by atomic mass is 9.90. The molecule has 0 spiro atoms. The normalized spacial score (nSPS) is 21.5. The van der Waals surface area contributed by atoms with Gasteiger partial charge in [0.15, 0.2) is 5.96 Å². The lowest BCUT2D eigenvalue weighted by molar-refractivity contribution is -0.121. The summed E-state index contributed by atoms with van der Waals surface area (Å²) in [4.78, 5) is 16.4. The maximum atomic E-state index is 12.0. The number of carbonyl (C=O) groups excluding carboxylic acids is 1. The van der Waals surface area contributed by atoms with Crippen LogP contribution in [0.1, 0.15) is 64.0 Å². The number of benzene rings is 1. The molecule has 0 aromatic heterocycles. The van der Waals surface area contributed by atoms with E-state index in [1.165, 1.54) is 25.7 Å². The molecular weight excluding hydrogens is 352 g/mol. The summed E-state index contributed by atoms with van der Waals surface area (Å²) < 4.78 is 6.10. The topological polar surface area (TPSA) is 74.8 Å². The number of para-hydroxylation sites is 1. The molecule has 2 aliphatic rings. The van der Waals surface area contributed by atoms with E-state index >= 15 is 0 Å². The third kappa shape index (κ3) is 5.63. The first-order valence-corrected chi connectivity index (χ1v) is 10.5. The minimum atomic E-state index is -0.237. The summed E-state index contributed by atoms with van der Waals surface area (Å²) in [6.45, 7) is 5.45. The Morgan fingerprint density at radius 3 is 2.64 bits per heavy atom. The van der Waals surface area contributed by atoms with E-state index < -0.39 is 0 Å². The number of carbonyl (C=O) groups is 1. The Kier molecular flexibility index (Phi) is 6.81. The van der Waals surface area contributed by atoms with Crippen molar-refractivity contribution in [3.63, 3.8) is 0 Å². The van der Waals surface area contributed by atoms with Crippen molar-refractivity contribution in [2.24, 2.45) is 10.9 Å². The molecule has 0 saturated heterocycles. The number of amides is 1. The number of rotatable bonds is 6. The Labute approximate surface area is 168 Å². The monoisotopic (exact) mass is 386 g/mol. The van der Waals surface area contributed by atoms with Crippen LogP contribution in [0.25, 0.3) is 0 Å². The Balaban J connectivity index is 1.46.